The van der Waals surface area contributed by atoms with Gasteiger partial charge in [-0.2, -0.15) is 5.53 Å². The Morgan fingerprint density at radius 3 is 3.20 bits per heavy atom. The van der Waals surface area contributed by atoms with Gasteiger partial charge >= 0.3 is 0 Å². The third-order valence-electron chi connectivity index (χ3n) is 2.56. The lowest BCUT2D eigenvalue weighted by molar-refractivity contribution is -0.134. The van der Waals surface area contributed by atoms with Gasteiger partial charge in [0.2, 0.25) is 0 Å². The van der Waals surface area contributed by atoms with Crippen molar-refractivity contribution in [1.82, 2.24) is 20.9 Å². The number of hydrogen-bond acceptors (Lipinski definition) is 4. The maximum Gasteiger partial charge on any atom is 0.253 e. The van der Waals surface area contributed by atoms with E-state index in [1.807, 2.05) is 13.1 Å². The second-order valence-electron chi connectivity index (χ2n) is 3.54. The molecule has 0 aromatic rings. The Hall–Kier alpha value is -1.51. The highest BCUT2D eigenvalue weighted by molar-refractivity contribution is 5.85. The molecule has 2 aliphatic heterocycles. The molecule has 0 spiro atoms. The van der Waals surface area contributed by atoms with Crippen LogP contribution in [0.2, 0.25) is 0 Å². The molecule has 2 N–H and O–H groups in total. The predicted octanol–water partition coefficient (Wildman–Crippen LogP) is -0.593. The Kier molecular flexibility index (Phi) is 2.62. The lowest BCUT2D eigenvalue weighted by atomic mass is 10.2. The first-order valence-electron chi connectivity index (χ1n) is 4.90. The number of carbonyl (C=O) groups excluding carboxylic acids is 1. The summed E-state index contributed by atoms with van der Waals surface area (Å²) in [5.74, 6) is 5.81. The monoisotopic (exact) mass is 206 g/mol. The summed E-state index contributed by atoms with van der Waals surface area (Å²) < 4.78 is 0. The molecule has 1 atom stereocenters. The largest absolute Gasteiger partial charge is 0.301 e. The summed E-state index contributed by atoms with van der Waals surface area (Å²) in [7, 11) is 0. The molecule has 80 valence electrons. The molecule has 1 saturated heterocycles. The van der Waals surface area contributed by atoms with E-state index in [4.69, 9.17) is 0 Å². The Morgan fingerprint density at radius 1 is 1.67 bits per heavy atom. The van der Waals surface area contributed by atoms with Crippen LogP contribution in [0.5, 0.6) is 0 Å². The standard InChI is InChI=1S/C10H14N4O/c1-3-4-5-13-8(2)7-14-9(10(13)15)6-11-12-14/h7,9,11-12H,5-6H2,1-2H3. The number of nitrogens with zero attached hydrogens (tertiary/aromatic N) is 2. The van der Waals surface area contributed by atoms with Gasteiger partial charge < -0.3 is 4.90 Å². The van der Waals surface area contributed by atoms with Crippen LogP contribution < -0.4 is 11.0 Å². The zero-order valence-corrected chi connectivity index (χ0v) is 8.87. The van der Waals surface area contributed by atoms with Crippen molar-refractivity contribution in [2.45, 2.75) is 19.9 Å². The van der Waals surface area contributed by atoms with E-state index < -0.39 is 0 Å². The fourth-order valence-electron chi connectivity index (χ4n) is 1.72. The van der Waals surface area contributed by atoms with E-state index in [0.29, 0.717) is 13.1 Å². The molecule has 5 heteroatoms. The first-order chi connectivity index (χ1) is 7.24. The number of hydrazine groups is 2. The number of rotatable bonds is 1. The summed E-state index contributed by atoms with van der Waals surface area (Å²) in [6.45, 7) is 4.78. The van der Waals surface area contributed by atoms with Crippen LogP contribution in [0.4, 0.5) is 0 Å². The van der Waals surface area contributed by atoms with Crippen molar-refractivity contribution < 1.29 is 4.79 Å². The maximum absolute atomic E-state index is 12.0. The van der Waals surface area contributed by atoms with Crippen LogP contribution in [-0.2, 0) is 4.79 Å². The van der Waals surface area contributed by atoms with E-state index in [1.54, 1.807) is 16.8 Å². The summed E-state index contributed by atoms with van der Waals surface area (Å²) in [6, 6.07) is -0.146. The highest BCUT2D eigenvalue weighted by Gasteiger charge is 2.36. The average Bonchev–Trinajstić information content (AvgIpc) is 2.65. The molecule has 15 heavy (non-hydrogen) atoms. The number of allylic oxidation sites excluding steroid dienone is 1. The van der Waals surface area contributed by atoms with Crippen LogP contribution in [0.1, 0.15) is 13.8 Å². The molecule has 5 nitrogen and oxygen atoms in total. The number of amides is 1. The van der Waals surface area contributed by atoms with E-state index in [0.717, 1.165) is 5.70 Å². The third-order valence-corrected chi connectivity index (χ3v) is 2.56. The van der Waals surface area contributed by atoms with Gasteiger partial charge in [0, 0.05) is 18.4 Å². The van der Waals surface area contributed by atoms with Crippen molar-refractivity contribution >= 4 is 5.91 Å². The number of fused-ring (bicyclic) bond motifs is 1. The van der Waals surface area contributed by atoms with E-state index in [2.05, 4.69) is 22.8 Å². The van der Waals surface area contributed by atoms with Crippen LogP contribution in [0, 0.1) is 11.8 Å². The molecule has 0 saturated carbocycles. The van der Waals surface area contributed by atoms with Crippen LogP contribution in [0.3, 0.4) is 0 Å². The molecule has 2 rings (SSSR count). The van der Waals surface area contributed by atoms with E-state index in [9.17, 15) is 4.79 Å². The minimum absolute atomic E-state index is 0.0928. The predicted molar refractivity (Wildman–Crippen MR) is 55.7 cm³/mol. The van der Waals surface area contributed by atoms with Crippen molar-refractivity contribution in [3.05, 3.63) is 11.9 Å². The van der Waals surface area contributed by atoms with E-state index in [1.165, 1.54) is 0 Å². The normalized spacial score (nSPS) is 24.5. The summed E-state index contributed by atoms with van der Waals surface area (Å²) in [5.41, 5.74) is 6.77. The first kappa shape index (κ1) is 10.0. The molecule has 0 radical (unpaired) electrons. The summed E-state index contributed by atoms with van der Waals surface area (Å²) in [4.78, 5) is 13.7. The number of carbonyl (C=O) groups is 1. The quantitative estimate of drug-likeness (QED) is 0.563. The molecular weight excluding hydrogens is 192 g/mol. The maximum atomic E-state index is 12.0. The SMILES string of the molecule is CC#CCN1C(=O)C2CNNN2C=C1C. The summed E-state index contributed by atoms with van der Waals surface area (Å²) >= 11 is 0. The van der Waals surface area contributed by atoms with Gasteiger partial charge in [0.1, 0.15) is 6.04 Å². The molecule has 0 aliphatic carbocycles. The van der Waals surface area contributed by atoms with Crippen molar-refractivity contribution in [3.8, 4) is 11.8 Å². The van der Waals surface area contributed by atoms with Crippen LogP contribution in [-0.4, -0.2) is 34.9 Å². The first-order valence-corrected chi connectivity index (χ1v) is 4.90. The smallest absolute Gasteiger partial charge is 0.253 e. The molecule has 1 unspecified atom stereocenters. The van der Waals surface area contributed by atoms with Gasteiger partial charge in [-0.25, -0.2) is 5.43 Å². The minimum atomic E-state index is -0.146. The van der Waals surface area contributed by atoms with Gasteiger partial charge in [-0.1, -0.05) is 5.92 Å². The van der Waals surface area contributed by atoms with Gasteiger partial charge in [-0.15, -0.1) is 5.92 Å². The number of nitrogens with one attached hydrogen (secondary N) is 2. The molecule has 0 bridgehead atoms. The fraction of sp³-hybridized carbons (Fsp3) is 0.500. The minimum Gasteiger partial charge on any atom is -0.301 e. The highest BCUT2D eigenvalue weighted by atomic mass is 16.2. The van der Waals surface area contributed by atoms with Gasteiger partial charge in [0.05, 0.1) is 6.54 Å². The van der Waals surface area contributed by atoms with Gasteiger partial charge in [0.25, 0.3) is 5.91 Å². The van der Waals surface area contributed by atoms with Crippen molar-refractivity contribution in [3.63, 3.8) is 0 Å². The molecule has 1 amide bonds. The zero-order valence-electron chi connectivity index (χ0n) is 8.87. The molecule has 0 aromatic carbocycles. The molecule has 2 heterocycles. The average molecular weight is 206 g/mol. The fourth-order valence-corrected chi connectivity index (χ4v) is 1.72. The third kappa shape index (κ3) is 1.69. The Labute approximate surface area is 89.0 Å². The molecule has 2 aliphatic rings. The Bertz CT molecular complexity index is 365. The van der Waals surface area contributed by atoms with E-state index >= 15 is 0 Å². The second kappa shape index (κ2) is 3.93. The summed E-state index contributed by atoms with van der Waals surface area (Å²) in [5, 5.41) is 1.80. The van der Waals surface area contributed by atoms with Crippen LogP contribution in [0.15, 0.2) is 11.9 Å². The van der Waals surface area contributed by atoms with Crippen molar-refractivity contribution in [2.24, 2.45) is 0 Å². The molecule has 0 aromatic heterocycles. The van der Waals surface area contributed by atoms with E-state index in [-0.39, 0.29) is 11.9 Å². The topological polar surface area (TPSA) is 47.6 Å². The van der Waals surface area contributed by atoms with Gasteiger partial charge in [-0.3, -0.25) is 9.80 Å². The van der Waals surface area contributed by atoms with Crippen LogP contribution >= 0.6 is 0 Å². The number of hydrogen-bond donors (Lipinski definition) is 2. The van der Waals surface area contributed by atoms with Gasteiger partial charge in [0.15, 0.2) is 0 Å². The Morgan fingerprint density at radius 2 is 2.47 bits per heavy atom. The van der Waals surface area contributed by atoms with Crippen LogP contribution in [0.25, 0.3) is 0 Å². The lowest BCUT2D eigenvalue weighted by Crippen LogP contribution is -2.50. The second-order valence-corrected chi connectivity index (χ2v) is 3.54. The van der Waals surface area contributed by atoms with Gasteiger partial charge in [-0.05, 0) is 13.8 Å². The zero-order chi connectivity index (χ0) is 10.8. The van der Waals surface area contributed by atoms with Crippen molar-refractivity contribution in [1.29, 1.82) is 0 Å². The summed E-state index contributed by atoms with van der Waals surface area (Å²) in [6.07, 6.45) is 1.92. The molecular formula is C10H14N4O. The lowest BCUT2D eigenvalue weighted by Gasteiger charge is -2.33. The molecule has 1 fully saturated rings. The Balaban J connectivity index is 2.20. The highest BCUT2D eigenvalue weighted by Crippen LogP contribution is 2.17. The van der Waals surface area contributed by atoms with Crippen molar-refractivity contribution in [2.75, 3.05) is 13.1 Å².